The van der Waals surface area contributed by atoms with Gasteiger partial charge in [-0.2, -0.15) is 5.10 Å². The Bertz CT molecular complexity index is 416. The van der Waals surface area contributed by atoms with Crippen LogP contribution in [-0.2, 0) is 6.54 Å². The number of likely N-dealkylation sites (tertiary alicyclic amines) is 1. The average Bonchev–Trinajstić information content (AvgIpc) is 2.81. The van der Waals surface area contributed by atoms with Gasteiger partial charge in [-0.3, -0.25) is 9.58 Å². The molecule has 1 aliphatic rings. The number of hydrogen-bond donors (Lipinski definition) is 1. The maximum absolute atomic E-state index is 9.74. The van der Waals surface area contributed by atoms with Crippen LogP contribution in [0.5, 0.6) is 0 Å². The molecule has 0 aromatic carbocycles. The first-order valence-corrected chi connectivity index (χ1v) is 8.56. The van der Waals surface area contributed by atoms with Gasteiger partial charge in [0.15, 0.2) is 0 Å². The van der Waals surface area contributed by atoms with Gasteiger partial charge in [-0.25, -0.2) is 0 Å². The van der Waals surface area contributed by atoms with Gasteiger partial charge < -0.3 is 5.11 Å². The molecule has 1 aromatic rings. The van der Waals surface area contributed by atoms with E-state index in [2.05, 4.69) is 35.7 Å². The molecule has 0 radical (unpaired) electrons. The SMILES string of the molecule is CCC(C)n1ccc(CN2CCCCCC2CC(C)O)n1. The Hall–Kier alpha value is -0.870. The van der Waals surface area contributed by atoms with Gasteiger partial charge in [-0.1, -0.05) is 19.8 Å². The monoisotopic (exact) mass is 293 g/mol. The lowest BCUT2D eigenvalue weighted by Gasteiger charge is -2.30. The molecule has 0 amide bonds. The third-order valence-electron chi connectivity index (χ3n) is 4.68. The van der Waals surface area contributed by atoms with E-state index in [9.17, 15) is 5.11 Å². The van der Waals surface area contributed by atoms with Crippen molar-refractivity contribution >= 4 is 0 Å². The second kappa shape index (κ2) is 7.95. The minimum atomic E-state index is -0.215. The maximum atomic E-state index is 9.74. The van der Waals surface area contributed by atoms with Crippen molar-refractivity contribution in [2.24, 2.45) is 0 Å². The maximum Gasteiger partial charge on any atom is 0.0764 e. The highest BCUT2D eigenvalue weighted by Crippen LogP contribution is 2.22. The summed E-state index contributed by atoms with van der Waals surface area (Å²) in [5.41, 5.74) is 1.16. The van der Waals surface area contributed by atoms with E-state index in [-0.39, 0.29) is 6.10 Å². The second-order valence-corrected chi connectivity index (χ2v) is 6.60. The van der Waals surface area contributed by atoms with E-state index in [1.807, 2.05) is 6.92 Å². The van der Waals surface area contributed by atoms with E-state index in [0.717, 1.165) is 31.6 Å². The summed E-state index contributed by atoms with van der Waals surface area (Å²) in [6, 6.07) is 3.12. The molecular weight excluding hydrogens is 262 g/mol. The molecule has 1 saturated heterocycles. The molecule has 4 heteroatoms. The van der Waals surface area contributed by atoms with Crippen molar-refractivity contribution in [3.63, 3.8) is 0 Å². The summed E-state index contributed by atoms with van der Waals surface area (Å²) in [7, 11) is 0. The quantitative estimate of drug-likeness (QED) is 0.874. The largest absolute Gasteiger partial charge is 0.393 e. The molecule has 1 N–H and O–H groups in total. The normalized spacial score (nSPS) is 23.7. The van der Waals surface area contributed by atoms with Gasteiger partial charge in [-0.05, 0) is 52.1 Å². The predicted octanol–water partition coefficient (Wildman–Crippen LogP) is 3.37. The van der Waals surface area contributed by atoms with Gasteiger partial charge in [-0.15, -0.1) is 0 Å². The fourth-order valence-electron chi connectivity index (χ4n) is 3.21. The van der Waals surface area contributed by atoms with Crippen LogP contribution in [0.3, 0.4) is 0 Å². The Labute approximate surface area is 129 Å². The van der Waals surface area contributed by atoms with Gasteiger partial charge >= 0.3 is 0 Å². The molecule has 0 bridgehead atoms. The summed E-state index contributed by atoms with van der Waals surface area (Å²) < 4.78 is 2.08. The molecule has 3 atom stereocenters. The van der Waals surface area contributed by atoms with E-state index in [1.165, 1.54) is 25.7 Å². The molecule has 1 aromatic heterocycles. The number of aromatic nitrogens is 2. The van der Waals surface area contributed by atoms with Crippen molar-refractivity contribution < 1.29 is 5.11 Å². The summed E-state index contributed by atoms with van der Waals surface area (Å²) in [6.45, 7) is 8.35. The first kappa shape index (κ1) is 16.5. The zero-order valence-electron chi connectivity index (χ0n) is 13.8. The van der Waals surface area contributed by atoms with Gasteiger partial charge in [0.25, 0.3) is 0 Å². The van der Waals surface area contributed by atoms with Gasteiger partial charge in [0.05, 0.1) is 11.8 Å². The molecule has 0 spiro atoms. The lowest BCUT2D eigenvalue weighted by molar-refractivity contribution is 0.107. The van der Waals surface area contributed by atoms with Crippen molar-refractivity contribution in [2.75, 3.05) is 6.54 Å². The van der Waals surface area contributed by atoms with E-state index in [4.69, 9.17) is 5.10 Å². The summed E-state index contributed by atoms with van der Waals surface area (Å²) in [4.78, 5) is 2.53. The van der Waals surface area contributed by atoms with E-state index in [1.54, 1.807) is 0 Å². The Morgan fingerprint density at radius 1 is 1.33 bits per heavy atom. The average molecular weight is 293 g/mol. The minimum absolute atomic E-state index is 0.215. The van der Waals surface area contributed by atoms with Crippen LogP contribution in [0.2, 0.25) is 0 Å². The van der Waals surface area contributed by atoms with Crippen LogP contribution in [0.1, 0.15) is 71.0 Å². The third kappa shape index (κ3) is 4.82. The highest BCUT2D eigenvalue weighted by molar-refractivity contribution is 5.00. The highest BCUT2D eigenvalue weighted by Gasteiger charge is 2.23. The van der Waals surface area contributed by atoms with Crippen molar-refractivity contribution in [1.82, 2.24) is 14.7 Å². The molecule has 1 fully saturated rings. The number of aliphatic hydroxyl groups excluding tert-OH is 1. The predicted molar refractivity (Wildman–Crippen MR) is 86.2 cm³/mol. The molecule has 120 valence electrons. The first-order valence-electron chi connectivity index (χ1n) is 8.56. The van der Waals surface area contributed by atoms with E-state index >= 15 is 0 Å². The molecule has 0 aliphatic carbocycles. The first-order chi connectivity index (χ1) is 10.1. The van der Waals surface area contributed by atoms with Crippen molar-refractivity contribution in [2.45, 2.75) is 84.0 Å². The van der Waals surface area contributed by atoms with E-state index in [0.29, 0.717) is 12.1 Å². The van der Waals surface area contributed by atoms with Gasteiger partial charge in [0.1, 0.15) is 0 Å². The molecule has 4 nitrogen and oxygen atoms in total. The fraction of sp³-hybridized carbons (Fsp3) is 0.824. The minimum Gasteiger partial charge on any atom is -0.393 e. The highest BCUT2D eigenvalue weighted by atomic mass is 16.3. The Morgan fingerprint density at radius 2 is 2.14 bits per heavy atom. The van der Waals surface area contributed by atoms with Crippen molar-refractivity contribution in [3.05, 3.63) is 18.0 Å². The van der Waals surface area contributed by atoms with Crippen LogP contribution in [0, 0.1) is 0 Å². The molecule has 2 heterocycles. The Morgan fingerprint density at radius 3 is 2.86 bits per heavy atom. The lowest BCUT2D eigenvalue weighted by atomic mass is 10.0. The molecule has 21 heavy (non-hydrogen) atoms. The van der Waals surface area contributed by atoms with Gasteiger partial charge in [0.2, 0.25) is 0 Å². The molecule has 2 rings (SSSR count). The molecule has 0 saturated carbocycles. The number of hydrogen-bond acceptors (Lipinski definition) is 3. The Balaban J connectivity index is 2.01. The van der Waals surface area contributed by atoms with Crippen LogP contribution >= 0.6 is 0 Å². The van der Waals surface area contributed by atoms with Crippen molar-refractivity contribution in [1.29, 1.82) is 0 Å². The second-order valence-electron chi connectivity index (χ2n) is 6.60. The fourth-order valence-corrected chi connectivity index (χ4v) is 3.21. The summed E-state index contributed by atoms with van der Waals surface area (Å²) in [6.07, 6.45) is 8.95. The Kier molecular flexibility index (Phi) is 6.24. The number of nitrogens with zero attached hydrogens (tertiary/aromatic N) is 3. The summed E-state index contributed by atoms with van der Waals surface area (Å²) in [5.74, 6) is 0. The van der Waals surface area contributed by atoms with Crippen LogP contribution < -0.4 is 0 Å². The molecule has 3 unspecified atom stereocenters. The van der Waals surface area contributed by atoms with Crippen molar-refractivity contribution in [3.8, 4) is 0 Å². The molecular formula is C17H31N3O. The lowest BCUT2D eigenvalue weighted by Crippen LogP contribution is -2.36. The van der Waals surface area contributed by atoms with Crippen LogP contribution in [0.15, 0.2) is 12.3 Å². The molecule has 1 aliphatic heterocycles. The van der Waals surface area contributed by atoms with Crippen LogP contribution in [-0.4, -0.2) is 38.5 Å². The zero-order chi connectivity index (χ0) is 15.2. The summed E-state index contributed by atoms with van der Waals surface area (Å²) in [5, 5.41) is 14.5. The summed E-state index contributed by atoms with van der Waals surface area (Å²) >= 11 is 0. The van der Waals surface area contributed by atoms with Crippen LogP contribution in [0.25, 0.3) is 0 Å². The standard InChI is InChI=1S/C17H31N3O/c1-4-14(2)20-11-9-16(18-20)13-19-10-7-5-6-8-17(19)12-15(3)21/h9,11,14-15,17,21H,4-8,10,12-13H2,1-3H3. The number of rotatable bonds is 6. The number of aliphatic hydroxyl groups is 1. The third-order valence-corrected chi connectivity index (χ3v) is 4.68. The zero-order valence-corrected chi connectivity index (χ0v) is 13.8. The topological polar surface area (TPSA) is 41.3 Å². The van der Waals surface area contributed by atoms with Crippen LogP contribution in [0.4, 0.5) is 0 Å². The van der Waals surface area contributed by atoms with E-state index < -0.39 is 0 Å². The van der Waals surface area contributed by atoms with Gasteiger partial charge in [0, 0.05) is 24.8 Å². The smallest absolute Gasteiger partial charge is 0.0764 e.